The lowest BCUT2D eigenvalue weighted by Gasteiger charge is -2.36. The van der Waals surface area contributed by atoms with Gasteiger partial charge in [0.25, 0.3) is 0 Å². The number of hydrogen-bond donors (Lipinski definition) is 1. The van der Waals surface area contributed by atoms with Crippen molar-refractivity contribution in [2.24, 2.45) is 0 Å². The van der Waals surface area contributed by atoms with E-state index in [4.69, 9.17) is 9.47 Å². The van der Waals surface area contributed by atoms with E-state index >= 15 is 0 Å². The second-order valence-electron chi connectivity index (χ2n) is 4.84. The van der Waals surface area contributed by atoms with Gasteiger partial charge in [0.2, 0.25) is 0 Å². The van der Waals surface area contributed by atoms with Crippen LogP contribution in [0.3, 0.4) is 0 Å². The fourth-order valence-electron chi connectivity index (χ4n) is 2.38. The maximum atomic E-state index is 5.53. The van der Waals surface area contributed by atoms with Crippen LogP contribution in [0.5, 0.6) is 0 Å². The summed E-state index contributed by atoms with van der Waals surface area (Å²) in [7, 11) is 0. The average molecular weight is 229 g/mol. The molecule has 0 bridgehead atoms. The standard InChI is InChI=1S/C13H27NO2/c1-4-15-12(16-5-2)11-14-13(3)9-7-6-8-10-13/h12,14H,4-11H2,1-3H3. The van der Waals surface area contributed by atoms with Crippen molar-refractivity contribution in [1.29, 1.82) is 0 Å². The Morgan fingerprint density at radius 3 is 2.12 bits per heavy atom. The number of hydrogen-bond acceptors (Lipinski definition) is 3. The minimum absolute atomic E-state index is 0.0891. The zero-order valence-corrected chi connectivity index (χ0v) is 11.1. The van der Waals surface area contributed by atoms with Gasteiger partial charge in [-0.2, -0.15) is 0 Å². The van der Waals surface area contributed by atoms with Crippen LogP contribution in [0, 0.1) is 0 Å². The van der Waals surface area contributed by atoms with E-state index in [1.165, 1.54) is 32.1 Å². The molecule has 0 atom stereocenters. The fourth-order valence-corrected chi connectivity index (χ4v) is 2.38. The van der Waals surface area contributed by atoms with E-state index in [2.05, 4.69) is 12.2 Å². The molecule has 96 valence electrons. The van der Waals surface area contributed by atoms with E-state index < -0.39 is 0 Å². The zero-order chi connectivity index (χ0) is 11.9. The van der Waals surface area contributed by atoms with E-state index in [0.717, 1.165) is 6.54 Å². The third-order valence-electron chi connectivity index (χ3n) is 3.36. The van der Waals surface area contributed by atoms with Gasteiger partial charge in [-0.1, -0.05) is 19.3 Å². The molecule has 0 aromatic carbocycles. The summed E-state index contributed by atoms with van der Waals surface area (Å²) in [6.07, 6.45) is 6.54. The molecule has 0 aromatic heterocycles. The van der Waals surface area contributed by atoms with Crippen molar-refractivity contribution in [3.05, 3.63) is 0 Å². The largest absolute Gasteiger partial charge is 0.352 e. The maximum absolute atomic E-state index is 5.53. The molecule has 0 unspecified atom stereocenters. The summed E-state index contributed by atoms with van der Waals surface area (Å²) in [5.74, 6) is 0. The molecule has 3 heteroatoms. The summed E-state index contributed by atoms with van der Waals surface area (Å²) < 4.78 is 11.1. The highest BCUT2D eigenvalue weighted by molar-refractivity contribution is 4.86. The summed E-state index contributed by atoms with van der Waals surface area (Å²) in [6.45, 7) is 8.56. The number of rotatable bonds is 7. The highest BCUT2D eigenvalue weighted by Gasteiger charge is 2.26. The van der Waals surface area contributed by atoms with Crippen LogP contribution < -0.4 is 5.32 Å². The summed E-state index contributed by atoms with van der Waals surface area (Å²) in [5.41, 5.74) is 0.296. The van der Waals surface area contributed by atoms with Gasteiger partial charge in [0.15, 0.2) is 6.29 Å². The summed E-state index contributed by atoms with van der Waals surface area (Å²) in [5, 5.41) is 3.62. The predicted molar refractivity (Wildman–Crippen MR) is 66.5 cm³/mol. The Hall–Kier alpha value is -0.120. The van der Waals surface area contributed by atoms with E-state index in [9.17, 15) is 0 Å². The van der Waals surface area contributed by atoms with Gasteiger partial charge in [-0.05, 0) is 33.6 Å². The van der Waals surface area contributed by atoms with Crippen molar-refractivity contribution in [1.82, 2.24) is 5.32 Å². The molecule has 0 aliphatic heterocycles. The Bertz CT molecular complexity index is 173. The van der Waals surface area contributed by atoms with Gasteiger partial charge in [-0.25, -0.2) is 0 Å². The number of ether oxygens (including phenoxy) is 2. The quantitative estimate of drug-likeness (QED) is 0.681. The Balaban J connectivity index is 2.28. The van der Waals surface area contributed by atoms with E-state index in [0.29, 0.717) is 18.8 Å². The minimum Gasteiger partial charge on any atom is -0.352 e. The maximum Gasteiger partial charge on any atom is 0.169 e. The van der Waals surface area contributed by atoms with Crippen LogP contribution in [-0.2, 0) is 9.47 Å². The molecule has 1 rings (SSSR count). The van der Waals surface area contributed by atoms with Crippen molar-refractivity contribution < 1.29 is 9.47 Å². The Morgan fingerprint density at radius 1 is 1.06 bits per heavy atom. The third kappa shape index (κ3) is 4.81. The van der Waals surface area contributed by atoms with Crippen molar-refractivity contribution in [2.75, 3.05) is 19.8 Å². The van der Waals surface area contributed by atoms with Gasteiger partial charge < -0.3 is 14.8 Å². The molecule has 0 radical (unpaired) electrons. The monoisotopic (exact) mass is 229 g/mol. The van der Waals surface area contributed by atoms with Gasteiger partial charge in [0, 0.05) is 25.3 Å². The van der Waals surface area contributed by atoms with Crippen molar-refractivity contribution >= 4 is 0 Å². The van der Waals surface area contributed by atoms with Crippen LogP contribution in [0.2, 0.25) is 0 Å². The Labute approximate surface area is 99.9 Å². The van der Waals surface area contributed by atoms with Gasteiger partial charge in [0.1, 0.15) is 0 Å². The molecule has 1 N–H and O–H groups in total. The summed E-state index contributed by atoms with van der Waals surface area (Å²) >= 11 is 0. The smallest absolute Gasteiger partial charge is 0.169 e. The minimum atomic E-state index is -0.0891. The molecule has 0 spiro atoms. The first-order chi connectivity index (χ1) is 7.70. The predicted octanol–water partition coefficient (Wildman–Crippen LogP) is 2.70. The van der Waals surface area contributed by atoms with Gasteiger partial charge >= 0.3 is 0 Å². The molecular weight excluding hydrogens is 202 g/mol. The van der Waals surface area contributed by atoms with Crippen molar-refractivity contribution in [3.8, 4) is 0 Å². The second kappa shape index (κ2) is 7.25. The highest BCUT2D eigenvalue weighted by atomic mass is 16.7. The van der Waals surface area contributed by atoms with E-state index in [-0.39, 0.29) is 6.29 Å². The van der Waals surface area contributed by atoms with Crippen LogP contribution in [0.25, 0.3) is 0 Å². The lowest BCUT2D eigenvalue weighted by atomic mass is 9.83. The Morgan fingerprint density at radius 2 is 1.62 bits per heavy atom. The van der Waals surface area contributed by atoms with Gasteiger partial charge in [-0.15, -0.1) is 0 Å². The van der Waals surface area contributed by atoms with E-state index in [1.807, 2.05) is 13.8 Å². The van der Waals surface area contributed by atoms with Crippen LogP contribution >= 0.6 is 0 Å². The average Bonchev–Trinajstić information content (AvgIpc) is 2.28. The van der Waals surface area contributed by atoms with Crippen LogP contribution in [-0.4, -0.2) is 31.6 Å². The summed E-state index contributed by atoms with van der Waals surface area (Å²) in [6, 6.07) is 0. The third-order valence-corrected chi connectivity index (χ3v) is 3.36. The molecule has 1 aliphatic carbocycles. The van der Waals surface area contributed by atoms with Gasteiger partial charge in [-0.3, -0.25) is 0 Å². The molecule has 3 nitrogen and oxygen atoms in total. The molecule has 0 saturated heterocycles. The highest BCUT2D eigenvalue weighted by Crippen LogP contribution is 2.27. The zero-order valence-electron chi connectivity index (χ0n) is 11.1. The lowest BCUT2D eigenvalue weighted by molar-refractivity contribution is -0.135. The molecule has 1 aliphatic rings. The fraction of sp³-hybridized carbons (Fsp3) is 1.00. The molecule has 1 saturated carbocycles. The molecule has 1 fully saturated rings. The van der Waals surface area contributed by atoms with Crippen LogP contribution in [0.1, 0.15) is 52.9 Å². The molecule has 0 amide bonds. The second-order valence-corrected chi connectivity index (χ2v) is 4.84. The molecule has 0 aromatic rings. The molecular formula is C13H27NO2. The van der Waals surface area contributed by atoms with Crippen LogP contribution in [0.15, 0.2) is 0 Å². The van der Waals surface area contributed by atoms with Crippen LogP contribution in [0.4, 0.5) is 0 Å². The molecule has 0 heterocycles. The normalized spacial score (nSPS) is 20.2. The number of nitrogens with one attached hydrogen (secondary N) is 1. The van der Waals surface area contributed by atoms with Gasteiger partial charge in [0.05, 0.1) is 0 Å². The van der Waals surface area contributed by atoms with E-state index in [1.54, 1.807) is 0 Å². The lowest BCUT2D eigenvalue weighted by Crippen LogP contribution is -2.48. The first kappa shape index (κ1) is 13.9. The summed E-state index contributed by atoms with van der Waals surface area (Å²) in [4.78, 5) is 0. The first-order valence-electron chi connectivity index (χ1n) is 6.68. The van der Waals surface area contributed by atoms with Crippen molar-refractivity contribution in [3.63, 3.8) is 0 Å². The molecule has 16 heavy (non-hydrogen) atoms. The Kier molecular flexibility index (Phi) is 6.32. The SMILES string of the molecule is CCOC(CNC1(C)CCCCC1)OCC. The first-order valence-corrected chi connectivity index (χ1v) is 6.68. The van der Waals surface area contributed by atoms with Crippen molar-refractivity contribution in [2.45, 2.75) is 64.7 Å². The topological polar surface area (TPSA) is 30.5 Å².